The number of hydrogen-bond donors (Lipinski definition) is 2. The Bertz CT molecular complexity index is 1030. The van der Waals surface area contributed by atoms with Crippen LogP contribution >= 0.6 is 15.9 Å². The van der Waals surface area contributed by atoms with Gasteiger partial charge in [0.25, 0.3) is 0 Å². The maximum Gasteiger partial charge on any atom is 0.0606 e. The molecule has 25 heavy (non-hydrogen) atoms. The van der Waals surface area contributed by atoms with Gasteiger partial charge in [0, 0.05) is 15.4 Å². The molecule has 0 aliphatic rings. The van der Waals surface area contributed by atoms with Gasteiger partial charge in [0.15, 0.2) is 0 Å². The molecule has 3 N–H and O–H groups in total. The molecule has 4 aromatic rings. The fraction of sp³-hybridized carbons (Fsp3) is 0.182. The fourth-order valence-corrected chi connectivity index (χ4v) is 4.08. The highest BCUT2D eigenvalue weighted by molar-refractivity contribution is 9.10. The van der Waals surface area contributed by atoms with Crippen LogP contribution in [0.2, 0.25) is 0 Å². The van der Waals surface area contributed by atoms with E-state index >= 15 is 0 Å². The molecule has 0 fully saturated rings. The SMILES string of the molecule is NCCCCc1c(-c2cccc3ccccc23)[nH]c2c(Br)cccc12. The Kier molecular flexibility index (Phi) is 4.60. The number of halogens is 1. The van der Waals surface area contributed by atoms with E-state index in [9.17, 15) is 0 Å². The minimum Gasteiger partial charge on any atom is -0.353 e. The van der Waals surface area contributed by atoms with Crippen molar-refractivity contribution in [1.29, 1.82) is 0 Å². The predicted octanol–water partition coefficient (Wildman–Crippen LogP) is 6.03. The molecular formula is C22H21BrN2. The topological polar surface area (TPSA) is 41.8 Å². The summed E-state index contributed by atoms with van der Waals surface area (Å²) in [5.41, 5.74) is 10.8. The van der Waals surface area contributed by atoms with Gasteiger partial charge in [-0.1, -0.05) is 54.6 Å². The molecule has 0 aliphatic heterocycles. The molecule has 4 rings (SSSR count). The Morgan fingerprint density at radius 2 is 1.60 bits per heavy atom. The molecule has 0 spiro atoms. The van der Waals surface area contributed by atoms with Crippen LogP contribution in [0.1, 0.15) is 18.4 Å². The van der Waals surface area contributed by atoms with E-state index < -0.39 is 0 Å². The molecule has 2 nitrogen and oxygen atoms in total. The number of para-hydroxylation sites is 1. The number of fused-ring (bicyclic) bond motifs is 2. The highest BCUT2D eigenvalue weighted by atomic mass is 79.9. The minimum absolute atomic E-state index is 0.746. The number of rotatable bonds is 5. The van der Waals surface area contributed by atoms with E-state index in [4.69, 9.17) is 5.73 Å². The Morgan fingerprint density at radius 1 is 0.840 bits per heavy atom. The van der Waals surface area contributed by atoms with Crippen molar-refractivity contribution in [2.24, 2.45) is 5.73 Å². The lowest BCUT2D eigenvalue weighted by atomic mass is 9.96. The highest BCUT2D eigenvalue weighted by Gasteiger charge is 2.16. The van der Waals surface area contributed by atoms with Gasteiger partial charge in [-0.15, -0.1) is 0 Å². The van der Waals surface area contributed by atoms with E-state index in [0.717, 1.165) is 30.3 Å². The van der Waals surface area contributed by atoms with Crippen LogP contribution in [-0.4, -0.2) is 11.5 Å². The zero-order valence-corrected chi connectivity index (χ0v) is 15.6. The molecule has 3 aromatic carbocycles. The lowest BCUT2D eigenvalue weighted by molar-refractivity contribution is 0.748. The first kappa shape index (κ1) is 16.4. The average molecular weight is 393 g/mol. The van der Waals surface area contributed by atoms with E-state index in [1.165, 1.54) is 38.5 Å². The van der Waals surface area contributed by atoms with Crippen LogP contribution < -0.4 is 5.73 Å². The Hall–Kier alpha value is -2.10. The van der Waals surface area contributed by atoms with Crippen LogP contribution in [0.25, 0.3) is 32.9 Å². The normalized spacial score (nSPS) is 11.4. The molecule has 0 saturated heterocycles. The average Bonchev–Trinajstić information content (AvgIpc) is 3.01. The summed E-state index contributed by atoms with van der Waals surface area (Å²) in [6.45, 7) is 0.746. The largest absolute Gasteiger partial charge is 0.353 e. The van der Waals surface area contributed by atoms with Gasteiger partial charge in [-0.05, 0) is 64.1 Å². The van der Waals surface area contributed by atoms with Crippen molar-refractivity contribution in [3.63, 3.8) is 0 Å². The van der Waals surface area contributed by atoms with E-state index in [2.05, 4.69) is 81.6 Å². The molecule has 1 heterocycles. The summed E-state index contributed by atoms with van der Waals surface area (Å²) in [4.78, 5) is 3.69. The molecule has 0 aliphatic carbocycles. The van der Waals surface area contributed by atoms with Crippen LogP contribution in [0.3, 0.4) is 0 Å². The molecule has 0 saturated carbocycles. The molecular weight excluding hydrogens is 372 g/mol. The summed E-state index contributed by atoms with van der Waals surface area (Å²) in [6, 6.07) is 21.5. The van der Waals surface area contributed by atoms with E-state index in [-0.39, 0.29) is 0 Å². The summed E-state index contributed by atoms with van der Waals surface area (Å²) in [6.07, 6.45) is 3.19. The number of H-pyrrole nitrogens is 1. The lowest BCUT2D eigenvalue weighted by Gasteiger charge is -2.09. The van der Waals surface area contributed by atoms with Crippen LogP contribution in [0, 0.1) is 0 Å². The van der Waals surface area contributed by atoms with Crippen molar-refractivity contribution in [3.8, 4) is 11.3 Å². The van der Waals surface area contributed by atoms with Crippen molar-refractivity contribution in [3.05, 3.63) is 70.7 Å². The number of nitrogens with two attached hydrogens (primary N) is 1. The summed E-state index contributed by atoms with van der Waals surface area (Å²) < 4.78 is 1.11. The number of aromatic nitrogens is 1. The maximum absolute atomic E-state index is 5.71. The molecule has 126 valence electrons. The number of benzene rings is 3. The van der Waals surface area contributed by atoms with Gasteiger partial charge < -0.3 is 10.7 Å². The summed E-state index contributed by atoms with van der Waals surface area (Å²) in [7, 11) is 0. The Labute approximate surface area is 156 Å². The summed E-state index contributed by atoms with van der Waals surface area (Å²) in [5, 5.41) is 3.85. The van der Waals surface area contributed by atoms with Crippen LogP contribution in [-0.2, 0) is 6.42 Å². The van der Waals surface area contributed by atoms with Gasteiger partial charge in [0.1, 0.15) is 0 Å². The van der Waals surface area contributed by atoms with Gasteiger partial charge >= 0.3 is 0 Å². The van der Waals surface area contributed by atoms with Crippen molar-refractivity contribution in [1.82, 2.24) is 4.98 Å². The lowest BCUT2D eigenvalue weighted by Crippen LogP contribution is -1.99. The quantitative estimate of drug-likeness (QED) is 0.399. The van der Waals surface area contributed by atoms with Crippen LogP contribution in [0.15, 0.2) is 65.1 Å². The van der Waals surface area contributed by atoms with Gasteiger partial charge in [0.2, 0.25) is 0 Å². The van der Waals surface area contributed by atoms with E-state index in [1.54, 1.807) is 0 Å². The number of unbranched alkanes of at least 4 members (excludes halogenated alkanes) is 1. The standard InChI is InChI=1S/C22H21BrN2/c23-20-13-6-12-19-18(10-3-4-14-24)21(25-22(19)20)17-11-5-8-15-7-1-2-9-16(15)17/h1-2,5-9,11-13,25H,3-4,10,14,24H2. The molecule has 3 heteroatoms. The predicted molar refractivity (Wildman–Crippen MR) is 111 cm³/mol. The zero-order valence-electron chi connectivity index (χ0n) is 14.1. The second kappa shape index (κ2) is 7.03. The number of aromatic amines is 1. The Morgan fingerprint density at radius 3 is 2.48 bits per heavy atom. The van der Waals surface area contributed by atoms with Crippen molar-refractivity contribution >= 4 is 37.6 Å². The molecule has 0 amide bonds. The van der Waals surface area contributed by atoms with Gasteiger partial charge in [-0.3, -0.25) is 0 Å². The molecule has 0 bridgehead atoms. The first-order valence-electron chi connectivity index (χ1n) is 8.77. The smallest absolute Gasteiger partial charge is 0.0606 e. The molecule has 0 radical (unpaired) electrons. The zero-order chi connectivity index (χ0) is 17.2. The highest BCUT2D eigenvalue weighted by Crippen LogP contribution is 2.37. The maximum atomic E-state index is 5.71. The summed E-state index contributed by atoms with van der Waals surface area (Å²) >= 11 is 3.70. The van der Waals surface area contributed by atoms with Gasteiger partial charge in [-0.25, -0.2) is 0 Å². The monoisotopic (exact) mass is 392 g/mol. The molecule has 0 unspecified atom stereocenters. The first-order chi connectivity index (χ1) is 12.3. The Balaban J connectivity index is 1.96. The van der Waals surface area contributed by atoms with Crippen molar-refractivity contribution in [2.75, 3.05) is 6.54 Å². The molecule has 1 aromatic heterocycles. The third-order valence-corrected chi connectivity index (χ3v) is 5.49. The van der Waals surface area contributed by atoms with E-state index in [0.29, 0.717) is 0 Å². The van der Waals surface area contributed by atoms with Gasteiger partial charge in [0.05, 0.1) is 11.2 Å². The van der Waals surface area contributed by atoms with Gasteiger partial charge in [-0.2, -0.15) is 0 Å². The van der Waals surface area contributed by atoms with Crippen molar-refractivity contribution < 1.29 is 0 Å². The second-order valence-corrected chi connectivity index (χ2v) is 7.27. The first-order valence-corrected chi connectivity index (χ1v) is 9.56. The third-order valence-electron chi connectivity index (χ3n) is 4.83. The number of nitrogens with one attached hydrogen (secondary N) is 1. The number of hydrogen-bond acceptors (Lipinski definition) is 1. The van der Waals surface area contributed by atoms with Crippen LogP contribution in [0.4, 0.5) is 0 Å². The van der Waals surface area contributed by atoms with Crippen molar-refractivity contribution in [2.45, 2.75) is 19.3 Å². The fourth-order valence-electron chi connectivity index (χ4n) is 3.62. The summed E-state index contributed by atoms with van der Waals surface area (Å²) in [5.74, 6) is 0. The second-order valence-electron chi connectivity index (χ2n) is 6.41. The minimum atomic E-state index is 0.746. The molecule has 0 atom stereocenters. The third kappa shape index (κ3) is 2.99. The van der Waals surface area contributed by atoms with Crippen LogP contribution in [0.5, 0.6) is 0 Å². The number of aryl methyl sites for hydroxylation is 1. The van der Waals surface area contributed by atoms with E-state index in [1.807, 2.05) is 0 Å².